The van der Waals surface area contributed by atoms with Gasteiger partial charge in [0.25, 0.3) is 0 Å². The number of nitriles is 1. The third-order valence-electron chi connectivity index (χ3n) is 3.67. The fraction of sp³-hybridized carbons (Fsp3) is 0.533. The van der Waals surface area contributed by atoms with Gasteiger partial charge in [-0.3, -0.25) is 4.90 Å². The predicted molar refractivity (Wildman–Crippen MR) is 73.5 cm³/mol. The first-order chi connectivity index (χ1) is 8.69. The van der Waals surface area contributed by atoms with Crippen LogP contribution in [0, 0.1) is 18.3 Å². The first-order valence-electron chi connectivity index (χ1n) is 6.56. The molecule has 0 N–H and O–H groups in total. The van der Waals surface area contributed by atoms with Crippen LogP contribution < -0.4 is 0 Å². The largest absolute Gasteiger partial charge is 0.304 e. The Kier molecular flexibility index (Phi) is 4.35. The van der Waals surface area contributed by atoms with Crippen LogP contribution >= 0.6 is 0 Å². The zero-order valence-electron chi connectivity index (χ0n) is 11.3. The van der Waals surface area contributed by atoms with Crippen LogP contribution in [0.1, 0.15) is 17.0 Å². The fourth-order valence-electron chi connectivity index (χ4n) is 2.31. The van der Waals surface area contributed by atoms with Crippen molar-refractivity contribution < 1.29 is 0 Å². The Bertz CT molecular complexity index is 410. The molecule has 0 saturated carbocycles. The summed E-state index contributed by atoms with van der Waals surface area (Å²) in [6, 6.07) is 10.8. The van der Waals surface area contributed by atoms with Crippen LogP contribution in [-0.4, -0.2) is 49.6 Å². The second kappa shape index (κ2) is 5.99. The van der Waals surface area contributed by atoms with Gasteiger partial charge in [0, 0.05) is 32.7 Å². The second-order valence-corrected chi connectivity index (χ2v) is 5.20. The van der Waals surface area contributed by atoms with Crippen LogP contribution in [0.25, 0.3) is 0 Å². The average Bonchev–Trinajstić information content (AvgIpc) is 2.39. The van der Waals surface area contributed by atoms with Crippen LogP contribution in [-0.2, 0) is 0 Å². The quantitative estimate of drug-likeness (QED) is 0.811. The van der Waals surface area contributed by atoms with E-state index in [1.165, 1.54) is 5.56 Å². The lowest BCUT2D eigenvalue weighted by atomic mass is 9.98. The highest BCUT2D eigenvalue weighted by atomic mass is 15.2. The number of piperazine rings is 1. The number of hydrogen-bond donors (Lipinski definition) is 0. The molecule has 1 atom stereocenters. The van der Waals surface area contributed by atoms with Gasteiger partial charge in [-0.25, -0.2) is 0 Å². The van der Waals surface area contributed by atoms with E-state index >= 15 is 0 Å². The molecule has 1 saturated heterocycles. The number of rotatable bonds is 3. The van der Waals surface area contributed by atoms with Crippen LogP contribution in [0.4, 0.5) is 0 Å². The molecule has 0 aromatic heterocycles. The lowest BCUT2D eigenvalue weighted by molar-refractivity contribution is 0.152. The third-order valence-corrected chi connectivity index (χ3v) is 3.67. The number of nitrogens with zero attached hydrogens (tertiary/aromatic N) is 3. The zero-order valence-corrected chi connectivity index (χ0v) is 11.3. The van der Waals surface area contributed by atoms with Crippen molar-refractivity contribution in [1.82, 2.24) is 9.80 Å². The highest BCUT2D eigenvalue weighted by Crippen LogP contribution is 2.17. The van der Waals surface area contributed by atoms with Gasteiger partial charge < -0.3 is 4.90 Å². The molecular weight excluding hydrogens is 222 g/mol. The van der Waals surface area contributed by atoms with Crippen molar-refractivity contribution in [1.29, 1.82) is 5.26 Å². The molecule has 18 heavy (non-hydrogen) atoms. The summed E-state index contributed by atoms with van der Waals surface area (Å²) >= 11 is 0. The van der Waals surface area contributed by atoms with Crippen LogP contribution in [0.3, 0.4) is 0 Å². The number of aryl methyl sites for hydroxylation is 1. The summed E-state index contributed by atoms with van der Waals surface area (Å²) in [4.78, 5) is 4.73. The maximum Gasteiger partial charge on any atom is 0.0839 e. The van der Waals surface area contributed by atoms with Gasteiger partial charge in [0.15, 0.2) is 0 Å². The van der Waals surface area contributed by atoms with E-state index in [2.05, 4.69) is 54.1 Å². The molecule has 1 aromatic carbocycles. The molecule has 1 unspecified atom stereocenters. The minimum absolute atomic E-state index is 0.00555. The SMILES string of the molecule is Cc1ccc(C(C#N)CN2CCN(C)CC2)cc1. The van der Waals surface area contributed by atoms with Gasteiger partial charge in [0.2, 0.25) is 0 Å². The van der Waals surface area contributed by atoms with E-state index in [9.17, 15) is 5.26 Å². The minimum Gasteiger partial charge on any atom is -0.304 e. The Balaban J connectivity index is 1.97. The van der Waals surface area contributed by atoms with Gasteiger partial charge in [0.1, 0.15) is 0 Å². The van der Waals surface area contributed by atoms with Gasteiger partial charge in [-0.15, -0.1) is 0 Å². The predicted octanol–water partition coefficient (Wildman–Crippen LogP) is 1.85. The Morgan fingerprint density at radius 2 is 1.78 bits per heavy atom. The van der Waals surface area contributed by atoms with Crippen molar-refractivity contribution in [2.24, 2.45) is 0 Å². The Labute approximate surface area is 110 Å². The van der Waals surface area contributed by atoms with Crippen molar-refractivity contribution in [3.63, 3.8) is 0 Å². The highest BCUT2D eigenvalue weighted by Gasteiger charge is 2.19. The zero-order chi connectivity index (χ0) is 13.0. The second-order valence-electron chi connectivity index (χ2n) is 5.20. The summed E-state index contributed by atoms with van der Waals surface area (Å²) < 4.78 is 0. The van der Waals surface area contributed by atoms with E-state index in [1.54, 1.807) is 0 Å². The van der Waals surface area contributed by atoms with Gasteiger partial charge in [-0.2, -0.15) is 5.26 Å². The molecule has 0 bridgehead atoms. The summed E-state index contributed by atoms with van der Waals surface area (Å²) in [5.74, 6) is -0.00555. The van der Waals surface area contributed by atoms with Gasteiger partial charge in [0.05, 0.1) is 12.0 Å². The molecule has 3 nitrogen and oxygen atoms in total. The van der Waals surface area contributed by atoms with E-state index in [4.69, 9.17) is 0 Å². The molecule has 2 rings (SSSR count). The van der Waals surface area contributed by atoms with E-state index in [-0.39, 0.29) is 5.92 Å². The van der Waals surface area contributed by atoms with E-state index in [0.29, 0.717) is 0 Å². The first-order valence-corrected chi connectivity index (χ1v) is 6.56. The summed E-state index contributed by atoms with van der Waals surface area (Å²) in [6.45, 7) is 7.28. The van der Waals surface area contributed by atoms with Crippen molar-refractivity contribution in [3.8, 4) is 6.07 Å². The van der Waals surface area contributed by atoms with Crippen molar-refractivity contribution in [2.45, 2.75) is 12.8 Å². The first kappa shape index (κ1) is 13.1. The Morgan fingerprint density at radius 3 is 2.33 bits per heavy atom. The molecule has 3 heteroatoms. The number of likely N-dealkylation sites (N-methyl/N-ethyl adjacent to an activating group) is 1. The number of hydrogen-bond acceptors (Lipinski definition) is 3. The summed E-state index contributed by atoms with van der Waals surface area (Å²) in [7, 11) is 2.15. The van der Waals surface area contributed by atoms with Crippen molar-refractivity contribution in [3.05, 3.63) is 35.4 Å². The van der Waals surface area contributed by atoms with Crippen LogP contribution in [0.15, 0.2) is 24.3 Å². The smallest absolute Gasteiger partial charge is 0.0839 e. The summed E-state index contributed by atoms with van der Waals surface area (Å²) in [5, 5.41) is 9.34. The average molecular weight is 243 g/mol. The molecule has 0 aliphatic carbocycles. The van der Waals surface area contributed by atoms with Gasteiger partial charge in [-0.1, -0.05) is 29.8 Å². The van der Waals surface area contributed by atoms with Crippen LogP contribution in [0.5, 0.6) is 0 Å². The van der Waals surface area contributed by atoms with Gasteiger partial charge in [-0.05, 0) is 19.5 Å². The molecule has 0 radical (unpaired) electrons. The standard InChI is InChI=1S/C15H21N3/c1-13-3-5-14(6-4-13)15(11-16)12-18-9-7-17(2)8-10-18/h3-6,15H,7-10,12H2,1-2H3. The molecule has 1 aliphatic heterocycles. The molecule has 1 aliphatic rings. The third kappa shape index (κ3) is 3.32. The maximum atomic E-state index is 9.34. The van der Waals surface area contributed by atoms with E-state index in [0.717, 1.165) is 38.3 Å². The summed E-state index contributed by atoms with van der Waals surface area (Å²) in [6.07, 6.45) is 0. The normalized spacial score (nSPS) is 19.4. The van der Waals surface area contributed by atoms with E-state index in [1.807, 2.05) is 0 Å². The minimum atomic E-state index is -0.00555. The summed E-state index contributed by atoms with van der Waals surface area (Å²) in [5.41, 5.74) is 2.39. The molecule has 0 spiro atoms. The number of benzene rings is 1. The Morgan fingerprint density at radius 1 is 1.17 bits per heavy atom. The maximum absolute atomic E-state index is 9.34. The lowest BCUT2D eigenvalue weighted by Crippen LogP contribution is -2.45. The van der Waals surface area contributed by atoms with Crippen molar-refractivity contribution in [2.75, 3.05) is 39.8 Å². The molecule has 1 heterocycles. The molecule has 1 aromatic rings. The molecular formula is C15H21N3. The van der Waals surface area contributed by atoms with Crippen LogP contribution in [0.2, 0.25) is 0 Å². The molecule has 1 fully saturated rings. The molecule has 96 valence electrons. The van der Waals surface area contributed by atoms with E-state index < -0.39 is 0 Å². The lowest BCUT2D eigenvalue weighted by Gasteiger charge is -2.33. The monoisotopic (exact) mass is 243 g/mol. The Hall–Kier alpha value is -1.37. The van der Waals surface area contributed by atoms with Crippen molar-refractivity contribution >= 4 is 0 Å². The molecule has 0 amide bonds. The highest BCUT2D eigenvalue weighted by molar-refractivity contribution is 5.28. The fourth-order valence-corrected chi connectivity index (χ4v) is 2.31. The topological polar surface area (TPSA) is 30.3 Å². The van der Waals surface area contributed by atoms with Gasteiger partial charge >= 0.3 is 0 Å².